The summed E-state index contributed by atoms with van der Waals surface area (Å²) in [7, 11) is 0. The van der Waals surface area contributed by atoms with E-state index in [1.807, 2.05) is 0 Å². The summed E-state index contributed by atoms with van der Waals surface area (Å²) in [4.78, 5) is 33.3. The Kier molecular flexibility index (Phi) is 5.87. The van der Waals surface area contributed by atoms with E-state index in [0.717, 1.165) is 6.07 Å². The van der Waals surface area contributed by atoms with Gasteiger partial charge in [0.15, 0.2) is 0 Å². The Balaban J connectivity index is 2.53. The number of aromatic carboxylic acids is 2. The smallest absolute Gasteiger partial charge is 0.336 e. The van der Waals surface area contributed by atoms with Crippen molar-refractivity contribution in [3.63, 3.8) is 0 Å². The van der Waals surface area contributed by atoms with Crippen LogP contribution in [0.5, 0.6) is 0 Å². The highest BCUT2D eigenvalue weighted by Crippen LogP contribution is 2.27. The zero-order valence-corrected chi connectivity index (χ0v) is 14.5. The maximum absolute atomic E-state index is 11.5. The monoisotopic (exact) mass is 407 g/mol. The van der Waals surface area contributed by atoms with Gasteiger partial charge in [-0.25, -0.2) is 9.59 Å². The molecule has 0 bridgehead atoms. The summed E-state index contributed by atoms with van der Waals surface area (Å²) in [5, 5.41) is 30.1. The first-order valence-corrected chi connectivity index (χ1v) is 8.38. The molecule has 0 aliphatic heterocycles. The van der Waals surface area contributed by atoms with Crippen LogP contribution in [-0.2, 0) is 12.8 Å². The lowest BCUT2D eigenvalue weighted by atomic mass is 9.93. The largest absolute Gasteiger partial charge is 0.478 e. The van der Waals surface area contributed by atoms with Crippen molar-refractivity contribution in [1.29, 1.82) is 0 Å². The summed E-state index contributed by atoms with van der Waals surface area (Å²) >= 11 is 3.27. The number of carboxylic acids is 2. The summed E-state index contributed by atoms with van der Waals surface area (Å²) in [6, 6.07) is 8.53. The molecule has 25 heavy (non-hydrogen) atoms. The van der Waals surface area contributed by atoms with Crippen molar-refractivity contribution >= 4 is 33.6 Å². The van der Waals surface area contributed by atoms with Crippen molar-refractivity contribution in [2.45, 2.75) is 12.8 Å². The first-order valence-electron chi connectivity index (χ1n) is 7.25. The highest BCUT2D eigenvalue weighted by Gasteiger charge is 2.19. The maximum Gasteiger partial charge on any atom is 0.336 e. The molecule has 2 N–H and O–H groups in total. The van der Waals surface area contributed by atoms with E-state index in [0.29, 0.717) is 28.4 Å². The number of benzene rings is 2. The van der Waals surface area contributed by atoms with Crippen molar-refractivity contribution in [2.24, 2.45) is 0 Å². The molecule has 0 saturated carbocycles. The van der Waals surface area contributed by atoms with Gasteiger partial charge >= 0.3 is 11.9 Å². The molecule has 2 aromatic rings. The van der Waals surface area contributed by atoms with Gasteiger partial charge in [0.2, 0.25) is 0 Å². The van der Waals surface area contributed by atoms with E-state index in [4.69, 9.17) is 5.11 Å². The van der Waals surface area contributed by atoms with Gasteiger partial charge in [-0.1, -0.05) is 34.1 Å². The third kappa shape index (κ3) is 4.21. The molecule has 0 aliphatic rings. The minimum atomic E-state index is -1.24. The standard InChI is InChI=1S/C17H14BrNO6/c18-7-6-13-10(2-1-3-15(13)19(24)25)8-11-4-5-12(16(20)21)9-14(11)17(22)23/h1-5,9H,6-8H2,(H,20,21)(H,22,23). The van der Waals surface area contributed by atoms with Crippen LogP contribution in [0.3, 0.4) is 0 Å². The van der Waals surface area contributed by atoms with Gasteiger partial charge in [-0.05, 0) is 36.1 Å². The van der Waals surface area contributed by atoms with E-state index in [-0.39, 0.29) is 23.2 Å². The Bertz CT molecular complexity index is 849. The third-order valence-corrected chi connectivity index (χ3v) is 4.15. The van der Waals surface area contributed by atoms with Gasteiger partial charge in [-0.3, -0.25) is 10.1 Å². The third-order valence-electron chi connectivity index (χ3n) is 3.76. The number of alkyl halides is 1. The molecular weight excluding hydrogens is 394 g/mol. The molecule has 2 rings (SSSR count). The molecule has 0 amide bonds. The van der Waals surface area contributed by atoms with Crippen LogP contribution in [0.15, 0.2) is 36.4 Å². The first-order chi connectivity index (χ1) is 11.8. The van der Waals surface area contributed by atoms with Gasteiger partial charge in [0.1, 0.15) is 0 Å². The average molecular weight is 408 g/mol. The lowest BCUT2D eigenvalue weighted by molar-refractivity contribution is -0.385. The molecule has 0 unspecified atom stereocenters. The van der Waals surface area contributed by atoms with E-state index in [9.17, 15) is 24.8 Å². The van der Waals surface area contributed by atoms with Crippen molar-refractivity contribution < 1.29 is 24.7 Å². The number of halogens is 1. The van der Waals surface area contributed by atoms with Gasteiger partial charge in [-0.15, -0.1) is 0 Å². The molecule has 8 heteroatoms. The molecule has 130 valence electrons. The number of carboxylic acid groups (broad SMARTS) is 2. The van der Waals surface area contributed by atoms with Crippen LogP contribution in [0.25, 0.3) is 0 Å². The summed E-state index contributed by atoms with van der Waals surface area (Å²) in [6.45, 7) is 0. The summed E-state index contributed by atoms with van der Waals surface area (Å²) in [6.07, 6.45) is 0.577. The van der Waals surface area contributed by atoms with Crippen LogP contribution in [0.2, 0.25) is 0 Å². The number of hydrogen-bond acceptors (Lipinski definition) is 4. The number of nitrogens with zero attached hydrogens (tertiary/aromatic N) is 1. The Morgan fingerprint density at radius 2 is 1.80 bits per heavy atom. The molecule has 0 heterocycles. The molecule has 0 radical (unpaired) electrons. The van der Waals surface area contributed by atoms with Gasteiger partial charge in [-0.2, -0.15) is 0 Å². The molecule has 2 aromatic carbocycles. The van der Waals surface area contributed by atoms with Crippen LogP contribution in [-0.4, -0.2) is 32.4 Å². The molecule has 7 nitrogen and oxygen atoms in total. The van der Waals surface area contributed by atoms with Gasteiger partial charge in [0, 0.05) is 17.0 Å². The van der Waals surface area contributed by atoms with Crippen molar-refractivity contribution in [3.05, 3.63) is 74.3 Å². The second kappa shape index (κ2) is 7.89. The predicted octanol–water partition coefficient (Wildman–Crippen LogP) is 3.52. The van der Waals surface area contributed by atoms with Crippen LogP contribution in [0.4, 0.5) is 5.69 Å². The minimum absolute atomic E-state index is 0.0176. The highest BCUT2D eigenvalue weighted by molar-refractivity contribution is 9.09. The molecule has 0 atom stereocenters. The highest BCUT2D eigenvalue weighted by atomic mass is 79.9. The topological polar surface area (TPSA) is 118 Å². The van der Waals surface area contributed by atoms with Crippen molar-refractivity contribution in [2.75, 3.05) is 5.33 Å². The Morgan fingerprint density at radius 3 is 2.36 bits per heavy atom. The molecule has 0 fully saturated rings. The van der Waals surface area contributed by atoms with Crippen LogP contribution in [0, 0.1) is 10.1 Å². The van der Waals surface area contributed by atoms with E-state index in [1.165, 1.54) is 18.2 Å². The zero-order valence-electron chi connectivity index (χ0n) is 12.9. The van der Waals surface area contributed by atoms with E-state index >= 15 is 0 Å². The van der Waals surface area contributed by atoms with Gasteiger partial charge in [0.25, 0.3) is 5.69 Å². The molecule has 0 aliphatic carbocycles. The molecular formula is C17H14BrNO6. The van der Waals surface area contributed by atoms with E-state index < -0.39 is 16.9 Å². The predicted molar refractivity (Wildman–Crippen MR) is 93.8 cm³/mol. The number of hydrogen-bond donors (Lipinski definition) is 2. The maximum atomic E-state index is 11.5. The van der Waals surface area contributed by atoms with Crippen molar-refractivity contribution in [1.82, 2.24) is 0 Å². The second-order valence-electron chi connectivity index (χ2n) is 5.27. The Morgan fingerprint density at radius 1 is 1.08 bits per heavy atom. The molecule has 0 spiro atoms. The van der Waals surface area contributed by atoms with Gasteiger partial charge < -0.3 is 10.2 Å². The fourth-order valence-corrected chi connectivity index (χ4v) is 3.01. The van der Waals surface area contributed by atoms with E-state index in [1.54, 1.807) is 12.1 Å². The summed E-state index contributed by atoms with van der Waals surface area (Å²) in [5.74, 6) is -2.46. The molecule has 0 aromatic heterocycles. The number of nitro groups is 1. The fraction of sp³-hybridized carbons (Fsp3) is 0.176. The average Bonchev–Trinajstić information content (AvgIpc) is 2.56. The quantitative estimate of drug-likeness (QED) is 0.411. The Hall–Kier alpha value is -2.74. The number of rotatable bonds is 7. The summed E-state index contributed by atoms with van der Waals surface area (Å²) < 4.78 is 0. The minimum Gasteiger partial charge on any atom is -0.478 e. The Labute approximate surface area is 151 Å². The van der Waals surface area contributed by atoms with E-state index in [2.05, 4.69) is 15.9 Å². The molecule has 0 saturated heterocycles. The lowest BCUT2D eigenvalue weighted by Gasteiger charge is -2.12. The number of nitro benzene ring substituents is 1. The van der Waals surface area contributed by atoms with Crippen LogP contribution < -0.4 is 0 Å². The number of carbonyl (C=O) groups is 2. The van der Waals surface area contributed by atoms with Crippen LogP contribution in [0.1, 0.15) is 37.4 Å². The lowest BCUT2D eigenvalue weighted by Crippen LogP contribution is -2.08. The second-order valence-corrected chi connectivity index (χ2v) is 6.06. The zero-order chi connectivity index (χ0) is 18.6. The fourth-order valence-electron chi connectivity index (χ4n) is 2.61. The van der Waals surface area contributed by atoms with Gasteiger partial charge in [0.05, 0.1) is 16.1 Å². The van der Waals surface area contributed by atoms with Crippen molar-refractivity contribution in [3.8, 4) is 0 Å². The summed E-state index contributed by atoms with van der Waals surface area (Å²) in [5.41, 5.74) is 1.30. The SMILES string of the molecule is O=C(O)c1ccc(Cc2cccc([N+](=O)[O-])c2CCBr)c(C(=O)O)c1. The normalized spacial score (nSPS) is 10.4. The van der Waals surface area contributed by atoms with Crippen LogP contribution >= 0.6 is 15.9 Å². The first kappa shape index (κ1) is 18.6.